The maximum Gasteiger partial charge on any atom is 0.163 e. The first-order chi connectivity index (χ1) is 6.20. The molecule has 0 N–H and O–H groups in total. The predicted octanol–water partition coefficient (Wildman–Crippen LogP) is 3.02. The standard InChI is InChI=1S/C12H22N/c1-5-7-8-9-12(3)10-11-13(4)6-2/h8-11H,5-7H2,1-4H3/q+1/b9-8-,12-10+,13-11+. The number of nitrogens with zero attached hydrogens (tertiary/aromatic N) is 1. The van der Waals surface area contributed by atoms with E-state index in [0.717, 1.165) is 6.54 Å². The summed E-state index contributed by atoms with van der Waals surface area (Å²) in [6, 6.07) is 0. The van der Waals surface area contributed by atoms with Crippen LogP contribution in [-0.2, 0) is 0 Å². The van der Waals surface area contributed by atoms with Crippen molar-refractivity contribution in [1.82, 2.24) is 0 Å². The molecule has 0 rings (SSSR count). The van der Waals surface area contributed by atoms with E-state index in [1.54, 1.807) is 0 Å². The van der Waals surface area contributed by atoms with Crippen LogP contribution in [0.1, 0.15) is 33.6 Å². The topological polar surface area (TPSA) is 3.01 Å². The average Bonchev–Trinajstić information content (AvgIpc) is 2.14. The lowest BCUT2D eigenvalue weighted by molar-refractivity contribution is -0.487. The highest BCUT2D eigenvalue weighted by Crippen LogP contribution is 1.96. The highest BCUT2D eigenvalue weighted by atomic mass is 14.9. The minimum atomic E-state index is 1.06. The van der Waals surface area contributed by atoms with Crippen LogP contribution in [0.3, 0.4) is 0 Å². The molecule has 0 aromatic rings. The zero-order valence-electron chi connectivity index (χ0n) is 9.38. The molecule has 1 nitrogen and oxygen atoms in total. The van der Waals surface area contributed by atoms with Gasteiger partial charge >= 0.3 is 0 Å². The molecule has 0 aliphatic carbocycles. The molecule has 0 bridgehead atoms. The summed E-state index contributed by atoms with van der Waals surface area (Å²) >= 11 is 0. The summed E-state index contributed by atoms with van der Waals surface area (Å²) in [5.74, 6) is 0. The Labute approximate surface area is 82.5 Å². The van der Waals surface area contributed by atoms with Gasteiger partial charge in [-0.15, -0.1) is 0 Å². The molecule has 0 saturated heterocycles. The van der Waals surface area contributed by atoms with E-state index in [2.05, 4.69) is 56.8 Å². The van der Waals surface area contributed by atoms with E-state index in [4.69, 9.17) is 0 Å². The van der Waals surface area contributed by atoms with Crippen molar-refractivity contribution in [3.8, 4) is 0 Å². The quantitative estimate of drug-likeness (QED) is 0.347. The van der Waals surface area contributed by atoms with E-state index in [9.17, 15) is 0 Å². The van der Waals surface area contributed by atoms with Crippen molar-refractivity contribution in [2.75, 3.05) is 13.6 Å². The lowest BCUT2D eigenvalue weighted by atomic mass is 10.2. The molecule has 1 heteroatoms. The zero-order chi connectivity index (χ0) is 10.1. The Bertz CT molecular complexity index is 209. The van der Waals surface area contributed by atoms with E-state index in [0.29, 0.717) is 0 Å². The number of allylic oxidation sites excluding steroid dienone is 4. The molecule has 0 amide bonds. The van der Waals surface area contributed by atoms with Crippen molar-refractivity contribution in [3.63, 3.8) is 0 Å². The van der Waals surface area contributed by atoms with Crippen molar-refractivity contribution in [2.24, 2.45) is 0 Å². The highest BCUT2D eigenvalue weighted by molar-refractivity contribution is 5.68. The summed E-state index contributed by atoms with van der Waals surface area (Å²) < 4.78 is 2.16. The number of unbranched alkanes of at least 4 members (excludes halogenated alkanes) is 1. The molecule has 74 valence electrons. The first-order valence-corrected chi connectivity index (χ1v) is 5.09. The van der Waals surface area contributed by atoms with E-state index < -0.39 is 0 Å². The Hall–Kier alpha value is -0.850. The van der Waals surface area contributed by atoms with Gasteiger partial charge in [-0.3, -0.25) is 0 Å². The fraction of sp³-hybridized carbons (Fsp3) is 0.583. The van der Waals surface area contributed by atoms with Gasteiger partial charge in [-0.05, 0) is 25.8 Å². The van der Waals surface area contributed by atoms with Crippen LogP contribution in [0.2, 0.25) is 0 Å². The Morgan fingerprint density at radius 1 is 1.31 bits per heavy atom. The Balaban J connectivity index is 4.02. The molecular formula is C12H22N+. The van der Waals surface area contributed by atoms with Gasteiger partial charge in [-0.2, -0.15) is 0 Å². The van der Waals surface area contributed by atoms with E-state index in [1.807, 2.05) is 0 Å². The van der Waals surface area contributed by atoms with Gasteiger partial charge in [0.15, 0.2) is 6.21 Å². The maximum atomic E-state index is 2.23. The highest BCUT2D eigenvalue weighted by Gasteiger charge is 1.86. The third-order valence-electron chi connectivity index (χ3n) is 1.93. The first kappa shape index (κ1) is 12.2. The van der Waals surface area contributed by atoms with E-state index in [-0.39, 0.29) is 0 Å². The van der Waals surface area contributed by atoms with Crippen LogP contribution in [-0.4, -0.2) is 24.4 Å². The lowest BCUT2D eigenvalue weighted by Crippen LogP contribution is -2.03. The normalized spacial score (nSPS) is 14.2. The second-order valence-corrected chi connectivity index (χ2v) is 3.32. The van der Waals surface area contributed by atoms with Crippen LogP contribution in [0.25, 0.3) is 0 Å². The van der Waals surface area contributed by atoms with E-state index in [1.165, 1.54) is 18.4 Å². The second kappa shape index (κ2) is 7.78. The van der Waals surface area contributed by atoms with Crippen LogP contribution in [0.4, 0.5) is 0 Å². The number of hydrogen-bond donors (Lipinski definition) is 0. The van der Waals surface area contributed by atoms with E-state index >= 15 is 0 Å². The summed E-state index contributed by atoms with van der Waals surface area (Å²) in [4.78, 5) is 0. The molecule has 0 spiro atoms. The van der Waals surface area contributed by atoms with Gasteiger partial charge in [-0.25, -0.2) is 4.58 Å². The fourth-order valence-corrected chi connectivity index (χ4v) is 0.842. The van der Waals surface area contributed by atoms with Crippen molar-refractivity contribution < 1.29 is 4.58 Å². The lowest BCUT2D eigenvalue weighted by Gasteiger charge is -1.89. The van der Waals surface area contributed by atoms with Crippen molar-refractivity contribution in [3.05, 3.63) is 23.8 Å². The van der Waals surface area contributed by atoms with Gasteiger partial charge in [0.2, 0.25) is 0 Å². The van der Waals surface area contributed by atoms with Gasteiger partial charge in [0, 0.05) is 6.08 Å². The zero-order valence-corrected chi connectivity index (χ0v) is 9.38. The molecule has 0 aromatic carbocycles. The molecule has 0 heterocycles. The van der Waals surface area contributed by atoms with Crippen molar-refractivity contribution in [2.45, 2.75) is 33.6 Å². The molecule has 0 aliphatic rings. The summed E-state index contributed by atoms with van der Waals surface area (Å²) in [6.07, 6.45) is 11.1. The second-order valence-electron chi connectivity index (χ2n) is 3.32. The molecule has 0 saturated carbocycles. The molecule has 0 radical (unpaired) electrons. The van der Waals surface area contributed by atoms with Crippen LogP contribution in [0.15, 0.2) is 23.8 Å². The third kappa shape index (κ3) is 7.51. The molecule has 0 fully saturated rings. The molecule has 0 unspecified atom stereocenters. The minimum Gasteiger partial charge on any atom is -0.239 e. The summed E-state index contributed by atoms with van der Waals surface area (Å²) in [6.45, 7) is 7.53. The number of rotatable bonds is 5. The Kier molecular flexibility index (Phi) is 7.27. The minimum absolute atomic E-state index is 1.06. The van der Waals surface area contributed by atoms with Gasteiger partial charge < -0.3 is 0 Å². The van der Waals surface area contributed by atoms with Gasteiger partial charge in [0.05, 0.1) is 0 Å². The molecule has 0 aliphatic heterocycles. The number of hydrogen-bond acceptors (Lipinski definition) is 0. The largest absolute Gasteiger partial charge is 0.239 e. The van der Waals surface area contributed by atoms with Crippen molar-refractivity contribution in [1.29, 1.82) is 0 Å². The SMILES string of the molecule is CCC\C=C/C(C)=C/C=[N+](\C)CC. The Morgan fingerprint density at radius 2 is 2.00 bits per heavy atom. The third-order valence-corrected chi connectivity index (χ3v) is 1.93. The van der Waals surface area contributed by atoms with Crippen LogP contribution in [0, 0.1) is 0 Å². The summed E-state index contributed by atoms with van der Waals surface area (Å²) in [5.41, 5.74) is 1.31. The van der Waals surface area contributed by atoms with Crippen LogP contribution < -0.4 is 0 Å². The Morgan fingerprint density at radius 3 is 2.54 bits per heavy atom. The molecular weight excluding hydrogens is 158 g/mol. The molecule has 0 aromatic heterocycles. The van der Waals surface area contributed by atoms with Gasteiger partial charge in [-0.1, -0.05) is 25.5 Å². The maximum absolute atomic E-state index is 2.23. The van der Waals surface area contributed by atoms with Crippen LogP contribution in [0.5, 0.6) is 0 Å². The van der Waals surface area contributed by atoms with Crippen molar-refractivity contribution >= 4 is 6.21 Å². The first-order valence-electron chi connectivity index (χ1n) is 5.09. The van der Waals surface area contributed by atoms with Crippen LogP contribution >= 0.6 is 0 Å². The summed E-state index contributed by atoms with van der Waals surface area (Å²) in [5, 5.41) is 0. The predicted molar refractivity (Wildman–Crippen MR) is 60.6 cm³/mol. The monoisotopic (exact) mass is 180 g/mol. The smallest absolute Gasteiger partial charge is 0.163 e. The fourth-order valence-electron chi connectivity index (χ4n) is 0.842. The molecule has 13 heavy (non-hydrogen) atoms. The van der Waals surface area contributed by atoms with Gasteiger partial charge in [0.1, 0.15) is 13.6 Å². The summed E-state index contributed by atoms with van der Waals surface area (Å²) in [7, 11) is 2.08. The van der Waals surface area contributed by atoms with Gasteiger partial charge in [0.25, 0.3) is 0 Å². The average molecular weight is 180 g/mol. The molecule has 0 atom stereocenters.